The molecule has 1 saturated heterocycles. The van der Waals surface area contributed by atoms with Crippen LogP contribution in [0.25, 0.3) is 0 Å². The van der Waals surface area contributed by atoms with E-state index in [1.54, 1.807) is 0 Å². The van der Waals surface area contributed by atoms with Crippen LogP contribution in [0, 0.1) is 11.3 Å². The molecular formula is C20H15F6N3O3S. The van der Waals surface area contributed by atoms with Crippen LogP contribution in [-0.4, -0.2) is 49.7 Å². The third kappa shape index (κ3) is 5.28. The predicted octanol–water partition coefficient (Wildman–Crippen LogP) is 3.74. The number of halogens is 6. The first-order valence-corrected chi connectivity index (χ1v) is 10.8. The maximum atomic E-state index is 13.1. The van der Waals surface area contributed by atoms with E-state index < -0.39 is 44.3 Å². The molecule has 0 aromatic heterocycles. The van der Waals surface area contributed by atoms with Gasteiger partial charge < -0.3 is 4.90 Å². The molecule has 2 aromatic rings. The summed E-state index contributed by atoms with van der Waals surface area (Å²) in [5.74, 6) is -0.449. The van der Waals surface area contributed by atoms with Crippen LogP contribution >= 0.6 is 0 Å². The summed E-state index contributed by atoms with van der Waals surface area (Å²) < 4.78 is 105. The van der Waals surface area contributed by atoms with Gasteiger partial charge in [0, 0.05) is 31.7 Å². The molecule has 176 valence electrons. The zero-order chi connectivity index (χ0) is 24.6. The molecule has 0 unspecified atom stereocenters. The molecule has 3 rings (SSSR count). The number of benzene rings is 2. The lowest BCUT2D eigenvalue weighted by atomic mass is 10.1. The number of amides is 1. The van der Waals surface area contributed by atoms with E-state index in [0.717, 1.165) is 4.31 Å². The van der Waals surface area contributed by atoms with Crippen LogP contribution in [0.4, 0.5) is 26.3 Å². The number of hydrogen-bond donors (Lipinski definition) is 0. The van der Waals surface area contributed by atoms with Crippen molar-refractivity contribution in [3.05, 3.63) is 64.7 Å². The predicted molar refractivity (Wildman–Crippen MR) is 102 cm³/mol. The van der Waals surface area contributed by atoms with Gasteiger partial charge in [0.15, 0.2) is 0 Å². The fourth-order valence-corrected chi connectivity index (χ4v) is 4.72. The number of carbonyl (C=O) groups excluding carboxylic acids is 1. The molecule has 2 aromatic carbocycles. The molecule has 1 aliphatic rings. The highest BCUT2D eigenvalue weighted by Crippen LogP contribution is 2.37. The summed E-state index contributed by atoms with van der Waals surface area (Å²) in [5.41, 5.74) is -2.88. The van der Waals surface area contributed by atoms with Gasteiger partial charge in [-0.05, 0) is 42.5 Å². The molecule has 1 aliphatic heterocycles. The van der Waals surface area contributed by atoms with Gasteiger partial charge in [-0.25, -0.2) is 8.42 Å². The molecule has 1 heterocycles. The molecule has 0 bridgehead atoms. The van der Waals surface area contributed by atoms with E-state index in [0.29, 0.717) is 5.56 Å². The Morgan fingerprint density at radius 2 is 1.33 bits per heavy atom. The van der Waals surface area contributed by atoms with Crippen LogP contribution in [0.2, 0.25) is 0 Å². The highest BCUT2D eigenvalue weighted by Gasteiger charge is 2.39. The van der Waals surface area contributed by atoms with Crippen molar-refractivity contribution in [1.29, 1.82) is 5.26 Å². The van der Waals surface area contributed by atoms with Crippen LogP contribution in [-0.2, 0) is 22.4 Å². The van der Waals surface area contributed by atoms with E-state index in [2.05, 4.69) is 0 Å². The van der Waals surface area contributed by atoms with Gasteiger partial charge in [-0.3, -0.25) is 4.79 Å². The second kappa shape index (κ2) is 8.68. The quantitative estimate of drug-likeness (QED) is 0.613. The van der Waals surface area contributed by atoms with Crippen molar-refractivity contribution in [3.8, 4) is 6.07 Å². The minimum Gasteiger partial charge on any atom is -0.336 e. The smallest absolute Gasteiger partial charge is 0.336 e. The SMILES string of the molecule is N#Cc1ccc(C(=O)N2CCN(S(=O)(=O)c3cc(C(F)(F)F)cc(C(F)(F)F)c3)CC2)cc1. The average Bonchev–Trinajstić information content (AvgIpc) is 2.77. The van der Waals surface area contributed by atoms with E-state index in [1.807, 2.05) is 6.07 Å². The molecule has 33 heavy (non-hydrogen) atoms. The minimum atomic E-state index is -5.18. The summed E-state index contributed by atoms with van der Waals surface area (Å²) >= 11 is 0. The van der Waals surface area contributed by atoms with E-state index >= 15 is 0 Å². The lowest BCUT2D eigenvalue weighted by molar-refractivity contribution is -0.143. The Balaban J connectivity index is 1.82. The lowest BCUT2D eigenvalue weighted by Gasteiger charge is -2.34. The van der Waals surface area contributed by atoms with Crippen molar-refractivity contribution in [1.82, 2.24) is 9.21 Å². The fourth-order valence-electron chi connectivity index (χ4n) is 3.23. The largest absolute Gasteiger partial charge is 0.416 e. The molecule has 0 N–H and O–H groups in total. The Morgan fingerprint density at radius 3 is 1.76 bits per heavy atom. The van der Waals surface area contributed by atoms with Gasteiger partial charge in [-0.15, -0.1) is 0 Å². The van der Waals surface area contributed by atoms with Crippen LogP contribution in [0.15, 0.2) is 47.4 Å². The number of rotatable bonds is 3. The highest BCUT2D eigenvalue weighted by atomic mass is 32.2. The molecule has 0 spiro atoms. The van der Waals surface area contributed by atoms with E-state index in [9.17, 15) is 39.6 Å². The average molecular weight is 491 g/mol. The molecule has 0 saturated carbocycles. The van der Waals surface area contributed by atoms with Gasteiger partial charge in [0.2, 0.25) is 10.0 Å². The van der Waals surface area contributed by atoms with Gasteiger partial charge in [0.25, 0.3) is 5.91 Å². The topological polar surface area (TPSA) is 81.5 Å². The number of carbonyl (C=O) groups is 1. The van der Waals surface area contributed by atoms with Gasteiger partial charge in [0.1, 0.15) is 0 Å². The molecule has 0 radical (unpaired) electrons. The number of piperazine rings is 1. The zero-order valence-corrected chi connectivity index (χ0v) is 17.4. The number of nitrogens with zero attached hydrogens (tertiary/aromatic N) is 3. The summed E-state index contributed by atoms with van der Waals surface area (Å²) in [6, 6.07) is 7.79. The number of sulfonamides is 1. The first kappa shape index (κ1) is 24.5. The maximum Gasteiger partial charge on any atom is 0.416 e. The normalized spacial score (nSPS) is 15.8. The first-order valence-electron chi connectivity index (χ1n) is 9.32. The molecular weight excluding hydrogens is 476 g/mol. The van der Waals surface area contributed by atoms with Crippen LogP contribution in [0.1, 0.15) is 27.0 Å². The zero-order valence-electron chi connectivity index (χ0n) is 16.6. The second-order valence-electron chi connectivity index (χ2n) is 7.13. The number of nitriles is 1. The molecule has 13 heteroatoms. The van der Waals surface area contributed by atoms with Crippen molar-refractivity contribution in [2.24, 2.45) is 0 Å². The number of hydrogen-bond acceptors (Lipinski definition) is 4. The van der Waals surface area contributed by atoms with E-state index in [4.69, 9.17) is 5.26 Å². The van der Waals surface area contributed by atoms with Crippen molar-refractivity contribution < 1.29 is 39.6 Å². The molecule has 0 aliphatic carbocycles. The Bertz CT molecular complexity index is 1160. The third-order valence-electron chi connectivity index (χ3n) is 4.99. The summed E-state index contributed by atoms with van der Waals surface area (Å²) in [6.07, 6.45) is -10.4. The van der Waals surface area contributed by atoms with Crippen molar-refractivity contribution >= 4 is 15.9 Å². The summed E-state index contributed by atoms with van der Waals surface area (Å²) in [7, 11) is -4.69. The summed E-state index contributed by atoms with van der Waals surface area (Å²) in [5, 5.41) is 8.81. The molecule has 1 amide bonds. The first-order chi connectivity index (χ1) is 15.2. The highest BCUT2D eigenvalue weighted by molar-refractivity contribution is 7.89. The lowest BCUT2D eigenvalue weighted by Crippen LogP contribution is -2.50. The van der Waals surface area contributed by atoms with E-state index in [1.165, 1.54) is 29.2 Å². The van der Waals surface area contributed by atoms with Gasteiger partial charge in [0.05, 0.1) is 27.7 Å². The van der Waals surface area contributed by atoms with Crippen LogP contribution in [0.3, 0.4) is 0 Å². The Hall–Kier alpha value is -3.11. The summed E-state index contributed by atoms with van der Waals surface area (Å²) in [6.45, 7) is -0.879. The Kier molecular flexibility index (Phi) is 6.45. The maximum absolute atomic E-state index is 13.1. The fraction of sp³-hybridized carbons (Fsp3) is 0.300. The van der Waals surface area contributed by atoms with Crippen molar-refractivity contribution in [2.45, 2.75) is 17.2 Å². The minimum absolute atomic E-state index is 0.122. The second-order valence-corrected chi connectivity index (χ2v) is 9.06. The van der Waals surface area contributed by atoms with Crippen LogP contribution in [0.5, 0.6) is 0 Å². The third-order valence-corrected chi connectivity index (χ3v) is 6.86. The van der Waals surface area contributed by atoms with E-state index in [-0.39, 0.29) is 49.9 Å². The Labute approximate surface area is 184 Å². The number of alkyl halides is 6. The van der Waals surface area contributed by atoms with Gasteiger partial charge in [-0.2, -0.15) is 35.9 Å². The van der Waals surface area contributed by atoms with Crippen molar-refractivity contribution in [3.63, 3.8) is 0 Å². The van der Waals surface area contributed by atoms with Crippen LogP contribution < -0.4 is 0 Å². The molecule has 0 atom stereocenters. The van der Waals surface area contributed by atoms with Gasteiger partial charge >= 0.3 is 12.4 Å². The summed E-state index contributed by atoms with van der Waals surface area (Å²) in [4.78, 5) is 12.7. The Morgan fingerprint density at radius 1 is 0.848 bits per heavy atom. The molecule has 1 fully saturated rings. The standard InChI is InChI=1S/C20H15F6N3O3S/c21-19(22,23)15-9-16(20(24,25)26)11-17(10-15)33(31,32)29-7-5-28(6-8-29)18(30)14-3-1-13(12-27)2-4-14/h1-4,9-11H,5-8H2. The van der Waals surface area contributed by atoms with Gasteiger partial charge in [-0.1, -0.05) is 0 Å². The van der Waals surface area contributed by atoms with Crippen molar-refractivity contribution in [2.75, 3.05) is 26.2 Å². The monoisotopic (exact) mass is 491 g/mol. The molecule has 6 nitrogen and oxygen atoms in total.